The summed E-state index contributed by atoms with van der Waals surface area (Å²) in [6.07, 6.45) is 1.98. The standard InChI is InChI=1S/C17H25NO3.C3H8O/c1-4-21-17(20)11-10-14(2)18(12-13-19)15(3)16-8-6-5-7-9-16;1-3-4-2/h5-9,13-15H,4,10-12H2,1-3H3;3H2,1-2H3. The average molecular weight is 351 g/mol. The number of hydrogen-bond acceptors (Lipinski definition) is 5. The largest absolute Gasteiger partial charge is 0.466 e. The molecule has 2 unspecified atom stereocenters. The van der Waals surface area contributed by atoms with E-state index in [4.69, 9.17) is 4.74 Å². The van der Waals surface area contributed by atoms with Crippen LogP contribution < -0.4 is 0 Å². The topological polar surface area (TPSA) is 55.8 Å². The van der Waals surface area contributed by atoms with Crippen LogP contribution in [0.3, 0.4) is 0 Å². The monoisotopic (exact) mass is 351 g/mol. The van der Waals surface area contributed by atoms with Crippen LogP contribution in [0.25, 0.3) is 0 Å². The lowest BCUT2D eigenvalue weighted by molar-refractivity contribution is -0.143. The minimum absolute atomic E-state index is 0.133. The molecule has 0 spiro atoms. The third kappa shape index (κ3) is 9.99. The molecule has 2 atom stereocenters. The molecule has 0 aliphatic heterocycles. The number of esters is 1. The molecule has 0 amide bonds. The highest BCUT2D eigenvalue weighted by molar-refractivity contribution is 5.69. The quantitative estimate of drug-likeness (QED) is 0.476. The zero-order valence-corrected chi connectivity index (χ0v) is 16.2. The maximum absolute atomic E-state index is 11.5. The van der Waals surface area contributed by atoms with Crippen LogP contribution in [-0.4, -0.2) is 50.1 Å². The Labute approximate surface area is 152 Å². The van der Waals surface area contributed by atoms with Gasteiger partial charge in [-0.25, -0.2) is 0 Å². The first-order chi connectivity index (χ1) is 12.0. The number of carbonyl (C=O) groups is 2. The van der Waals surface area contributed by atoms with Crippen molar-refractivity contribution in [2.75, 3.05) is 26.9 Å². The van der Waals surface area contributed by atoms with Gasteiger partial charge in [0.1, 0.15) is 6.29 Å². The van der Waals surface area contributed by atoms with Gasteiger partial charge >= 0.3 is 5.97 Å². The average Bonchev–Trinajstić information content (AvgIpc) is 2.64. The molecule has 1 aromatic carbocycles. The zero-order chi connectivity index (χ0) is 19.1. The fourth-order valence-electron chi connectivity index (χ4n) is 2.45. The van der Waals surface area contributed by atoms with E-state index in [-0.39, 0.29) is 18.1 Å². The molecule has 0 radical (unpaired) electrons. The molecule has 0 fully saturated rings. The minimum atomic E-state index is -0.178. The van der Waals surface area contributed by atoms with Crippen LogP contribution in [0.2, 0.25) is 0 Å². The number of methoxy groups -OCH3 is 1. The second-order valence-electron chi connectivity index (χ2n) is 5.72. The lowest BCUT2D eigenvalue weighted by atomic mass is 10.0. The highest BCUT2D eigenvalue weighted by Gasteiger charge is 2.21. The van der Waals surface area contributed by atoms with Gasteiger partial charge in [0.25, 0.3) is 0 Å². The van der Waals surface area contributed by atoms with Crippen molar-refractivity contribution < 1.29 is 19.1 Å². The Hall–Kier alpha value is -1.72. The Balaban J connectivity index is 0.00000129. The number of rotatable bonds is 10. The second-order valence-corrected chi connectivity index (χ2v) is 5.72. The van der Waals surface area contributed by atoms with Gasteiger partial charge in [0.05, 0.1) is 13.2 Å². The van der Waals surface area contributed by atoms with Gasteiger partial charge in [0.2, 0.25) is 0 Å². The van der Waals surface area contributed by atoms with E-state index in [1.807, 2.05) is 32.0 Å². The molecule has 0 heterocycles. The minimum Gasteiger partial charge on any atom is -0.466 e. The molecule has 142 valence electrons. The van der Waals surface area contributed by atoms with Crippen LogP contribution >= 0.6 is 0 Å². The molecular weight excluding hydrogens is 318 g/mol. The molecule has 5 heteroatoms. The van der Waals surface area contributed by atoms with E-state index in [2.05, 4.69) is 28.7 Å². The summed E-state index contributed by atoms with van der Waals surface area (Å²) in [7, 11) is 1.68. The SMILES string of the molecule is CCOC.CCOC(=O)CCC(C)N(CC=O)C(C)c1ccccc1. The molecular formula is C20H33NO4. The summed E-state index contributed by atoms with van der Waals surface area (Å²) in [6, 6.07) is 10.3. The molecule has 1 aromatic rings. The molecule has 0 aliphatic rings. The van der Waals surface area contributed by atoms with E-state index in [9.17, 15) is 9.59 Å². The van der Waals surface area contributed by atoms with Crippen LogP contribution in [0.15, 0.2) is 30.3 Å². The number of benzene rings is 1. The maximum Gasteiger partial charge on any atom is 0.305 e. The van der Waals surface area contributed by atoms with Crippen molar-refractivity contribution >= 4 is 12.3 Å². The molecule has 0 aromatic heterocycles. The van der Waals surface area contributed by atoms with E-state index in [0.717, 1.165) is 12.9 Å². The fraction of sp³-hybridized carbons (Fsp3) is 0.600. The number of ether oxygens (including phenoxy) is 2. The summed E-state index contributed by atoms with van der Waals surface area (Å²) in [5, 5.41) is 0. The van der Waals surface area contributed by atoms with Crippen molar-refractivity contribution in [1.29, 1.82) is 0 Å². The molecule has 25 heavy (non-hydrogen) atoms. The summed E-state index contributed by atoms with van der Waals surface area (Å²) in [5.74, 6) is -0.178. The van der Waals surface area contributed by atoms with Crippen LogP contribution in [0.1, 0.15) is 52.1 Å². The first kappa shape index (κ1) is 23.3. The number of hydrogen-bond donors (Lipinski definition) is 0. The predicted octanol–water partition coefficient (Wildman–Crippen LogP) is 3.63. The van der Waals surface area contributed by atoms with Crippen LogP contribution in [-0.2, 0) is 19.1 Å². The van der Waals surface area contributed by atoms with E-state index in [1.165, 1.54) is 5.56 Å². The van der Waals surface area contributed by atoms with E-state index in [1.54, 1.807) is 14.0 Å². The zero-order valence-electron chi connectivity index (χ0n) is 16.2. The molecule has 1 rings (SSSR count). The van der Waals surface area contributed by atoms with E-state index in [0.29, 0.717) is 26.0 Å². The van der Waals surface area contributed by atoms with Crippen molar-refractivity contribution in [3.05, 3.63) is 35.9 Å². The lowest BCUT2D eigenvalue weighted by Gasteiger charge is -2.33. The van der Waals surface area contributed by atoms with Gasteiger partial charge in [-0.15, -0.1) is 0 Å². The fourth-order valence-corrected chi connectivity index (χ4v) is 2.45. The second kappa shape index (κ2) is 14.6. The van der Waals surface area contributed by atoms with Gasteiger partial charge in [-0.1, -0.05) is 30.3 Å². The van der Waals surface area contributed by atoms with Gasteiger partial charge in [-0.3, -0.25) is 9.69 Å². The number of nitrogens with zero attached hydrogens (tertiary/aromatic N) is 1. The Morgan fingerprint density at radius 2 is 1.76 bits per heavy atom. The van der Waals surface area contributed by atoms with Gasteiger partial charge in [-0.05, 0) is 39.7 Å². The third-order valence-electron chi connectivity index (χ3n) is 3.99. The molecule has 0 saturated heterocycles. The normalized spacial score (nSPS) is 12.7. The molecule has 0 N–H and O–H groups in total. The Bertz CT molecular complexity index is 462. The summed E-state index contributed by atoms with van der Waals surface area (Å²) in [5.41, 5.74) is 1.17. The summed E-state index contributed by atoms with van der Waals surface area (Å²) >= 11 is 0. The highest BCUT2D eigenvalue weighted by atomic mass is 16.5. The van der Waals surface area contributed by atoms with Gasteiger partial charge in [-0.2, -0.15) is 0 Å². The lowest BCUT2D eigenvalue weighted by Crippen LogP contribution is -2.37. The van der Waals surface area contributed by atoms with E-state index < -0.39 is 0 Å². The molecule has 0 aliphatic carbocycles. The van der Waals surface area contributed by atoms with Gasteiger partial charge in [0, 0.05) is 32.2 Å². The van der Waals surface area contributed by atoms with E-state index >= 15 is 0 Å². The first-order valence-corrected chi connectivity index (χ1v) is 8.90. The van der Waals surface area contributed by atoms with Gasteiger partial charge in [0.15, 0.2) is 0 Å². The van der Waals surface area contributed by atoms with Crippen molar-refractivity contribution in [1.82, 2.24) is 4.90 Å². The van der Waals surface area contributed by atoms with Crippen molar-refractivity contribution in [2.24, 2.45) is 0 Å². The van der Waals surface area contributed by atoms with Crippen molar-refractivity contribution in [3.8, 4) is 0 Å². The van der Waals surface area contributed by atoms with Gasteiger partial charge < -0.3 is 14.3 Å². The Kier molecular flexibility index (Phi) is 13.6. The van der Waals surface area contributed by atoms with Crippen molar-refractivity contribution in [3.63, 3.8) is 0 Å². The number of aldehydes is 1. The summed E-state index contributed by atoms with van der Waals surface area (Å²) in [4.78, 5) is 24.5. The molecule has 5 nitrogen and oxygen atoms in total. The van der Waals surface area contributed by atoms with Crippen LogP contribution in [0.5, 0.6) is 0 Å². The molecule has 0 saturated carbocycles. The predicted molar refractivity (Wildman–Crippen MR) is 101 cm³/mol. The molecule has 0 bridgehead atoms. The number of carbonyl (C=O) groups excluding carboxylic acids is 2. The van der Waals surface area contributed by atoms with Crippen LogP contribution in [0, 0.1) is 0 Å². The first-order valence-electron chi connectivity index (χ1n) is 8.90. The Morgan fingerprint density at radius 3 is 2.24 bits per heavy atom. The maximum atomic E-state index is 11.5. The summed E-state index contributed by atoms with van der Waals surface area (Å²) < 4.78 is 9.49. The smallest absolute Gasteiger partial charge is 0.305 e. The highest BCUT2D eigenvalue weighted by Crippen LogP contribution is 2.23. The van der Waals surface area contributed by atoms with Crippen LogP contribution in [0.4, 0.5) is 0 Å². The Morgan fingerprint density at radius 1 is 1.16 bits per heavy atom. The van der Waals surface area contributed by atoms with Crippen molar-refractivity contribution in [2.45, 2.75) is 52.6 Å². The third-order valence-corrected chi connectivity index (χ3v) is 3.99. The summed E-state index contributed by atoms with van der Waals surface area (Å²) in [6.45, 7) is 9.48.